The van der Waals surface area contributed by atoms with Gasteiger partial charge in [0.05, 0.1) is 6.61 Å². The Bertz CT molecular complexity index is 656. The van der Waals surface area contributed by atoms with Crippen molar-refractivity contribution < 1.29 is 4.74 Å². The van der Waals surface area contributed by atoms with E-state index in [4.69, 9.17) is 4.74 Å². The standard InChI is InChI=1S/C23H32N2O/c1-24(2)14-8-16-26-23-13-6-9-20(17-23)18-25-15-7-12-22(19-25)21-10-4-3-5-11-21/h3-6,9-11,13,17,22H,7-8,12,14-16,18-19H2,1-2H3. The molecule has 3 heteroatoms. The number of nitrogens with zero attached hydrogens (tertiary/aromatic N) is 2. The van der Waals surface area contributed by atoms with Crippen LogP contribution in [0.25, 0.3) is 0 Å². The fraction of sp³-hybridized carbons (Fsp3) is 0.478. The fourth-order valence-corrected chi connectivity index (χ4v) is 3.76. The highest BCUT2D eigenvalue weighted by atomic mass is 16.5. The van der Waals surface area contributed by atoms with Crippen LogP contribution < -0.4 is 4.74 Å². The van der Waals surface area contributed by atoms with Gasteiger partial charge < -0.3 is 9.64 Å². The summed E-state index contributed by atoms with van der Waals surface area (Å²) in [6.07, 6.45) is 3.64. The molecule has 26 heavy (non-hydrogen) atoms. The number of hydrogen-bond donors (Lipinski definition) is 0. The Hall–Kier alpha value is -1.84. The maximum atomic E-state index is 5.93. The zero-order chi connectivity index (χ0) is 18.2. The summed E-state index contributed by atoms with van der Waals surface area (Å²) in [5, 5.41) is 0. The van der Waals surface area contributed by atoms with Crippen molar-refractivity contribution in [1.82, 2.24) is 9.80 Å². The lowest BCUT2D eigenvalue weighted by Crippen LogP contribution is -2.33. The van der Waals surface area contributed by atoms with E-state index in [2.05, 4.69) is 78.5 Å². The SMILES string of the molecule is CN(C)CCCOc1cccc(CN2CCCC(c3ccccc3)C2)c1. The average Bonchev–Trinajstić information content (AvgIpc) is 2.66. The van der Waals surface area contributed by atoms with E-state index in [0.717, 1.165) is 38.4 Å². The Kier molecular flexibility index (Phi) is 7.10. The van der Waals surface area contributed by atoms with Crippen LogP contribution in [0.1, 0.15) is 36.3 Å². The van der Waals surface area contributed by atoms with Gasteiger partial charge in [-0.15, -0.1) is 0 Å². The fourth-order valence-electron chi connectivity index (χ4n) is 3.76. The summed E-state index contributed by atoms with van der Waals surface area (Å²) in [4.78, 5) is 4.78. The first kappa shape index (κ1) is 18.9. The molecule has 1 atom stereocenters. The Morgan fingerprint density at radius 2 is 1.92 bits per heavy atom. The Morgan fingerprint density at radius 1 is 1.08 bits per heavy atom. The van der Waals surface area contributed by atoms with E-state index in [1.165, 1.54) is 30.5 Å². The van der Waals surface area contributed by atoms with Gasteiger partial charge in [-0.3, -0.25) is 4.90 Å². The van der Waals surface area contributed by atoms with E-state index in [1.54, 1.807) is 0 Å². The number of hydrogen-bond acceptors (Lipinski definition) is 3. The Morgan fingerprint density at radius 3 is 2.73 bits per heavy atom. The number of benzene rings is 2. The third-order valence-electron chi connectivity index (χ3n) is 5.10. The summed E-state index contributed by atoms with van der Waals surface area (Å²) < 4.78 is 5.93. The molecule has 1 unspecified atom stereocenters. The normalized spacial score (nSPS) is 18.2. The van der Waals surface area contributed by atoms with Crippen molar-refractivity contribution in [3.05, 3.63) is 65.7 Å². The van der Waals surface area contributed by atoms with Gasteiger partial charge in [0.1, 0.15) is 5.75 Å². The van der Waals surface area contributed by atoms with E-state index < -0.39 is 0 Å². The van der Waals surface area contributed by atoms with E-state index in [0.29, 0.717) is 5.92 Å². The van der Waals surface area contributed by atoms with E-state index in [1.807, 2.05) is 0 Å². The van der Waals surface area contributed by atoms with Crippen molar-refractivity contribution in [2.24, 2.45) is 0 Å². The van der Waals surface area contributed by atoms with Gasteiger partial charge in [0.15, 0.2) is 0 Å². The molecule has 2 aromatic rings. The minimum atomic E-state index is 0.662. The Balaban J connectivity index is 1.52. The van der Waals surface area contributed by atoms with Gasteiger partial charge in [-0.05, 0) is 69.1 Å². The predicted octanol–water partition coefficient (Wildman–Crippen LogP) is 4.40. The van der Waals surface area contributed by atoms with E-state index in [9.17, 15) is 0 Å². The quantitative estimate of drug-likeness (QED) is 0.655. The third kappa shape index (κ3) is 5.86. The molecule has 0 amide bonds. The second-order valence-electron chi connectivity index (χ2n) is 7.64. The molecule has 1 saturated heterocycles. The maximum Gasteiger partial charge on any atom is 0.119 e. The van der Waals surface area contributed by atoms with Crippen LogP contribution in [0, 0.1) is 0 Å². The van der Waals surface area contributed by atoms with Crippen LogP contribution in [0.4, 0.5) is 0 Å². The first-order valence-electron chi connectivity index (χ1n) is 9.84. The highest BCUT2D eigenvalue weighted by Gasteiger charge is 2.21. The molecule has 0 aromatic heterocycles. The number of piperidine rings is 1. The predicted molar refractivity (Wildman–Crippen MR) is 109 cm³/mol. The average molecular weight is 353 g/mol. The molecule has 0 aliphatic carbocycles. The van der Waals surface area contributed by atoms with Crippen molar-refractivity contribution in [3.8, 4) is 5.75 Å². The molecule has 0 radical (unpaired) electrons. The molecule has 0 N–H and O–H groups in total. The van der Waals surface area contributed by atoms with E-state index >= 15 is 0 Å². The van der Waals surface area contributed by atoms with Crippen LogP contribution in [-0.2, 0) is 6.54 Å². The lowest BCUT2D eigenvalue weighted by Gasteiger charge is -2.33. The van der Waals surface area contributed by atoms with Crippen LogP contribution in [-0.4, -0.2) is 50.1 Å². The number of likely N-dealkylation sites (tertiary alicyclic amines) is 1. The topological polar surface area (TPSA) is 15.7 Å². The molecule has 0 bridgehead atoms. The minimum absolute atomic E-state index is 0.662. The van der Waals surface area contributed by atoms with Gasteiger partial charge in [-0.25, -0.2) is 0 Å². The van der Waals surface area contributed by atoms with Crippen LogP contribution in [0.5, 0.6) is 5.75 Å². The molecule has 1 fully saturated rings. The molecule has 1 aliphatic rings. The molecular formula is C23H32N2O. The van der Waals surface area contributed by atoms with E-state index in [-0.39, 0.29) is 0 Å². The summed E-state index contributed by atoms with van der Waals surface area (Å²) in [5.74, 6) is 1.66. The Labute approximate surface area is 158 Å². The highest BCUT2D eigenvalue weighted by molar-refractivity contribution is 5.28. The first-order valence-corrected chi connectivity index (χ1v) is 9.84. The molecule has 0 spiro atoms. The molecule has 1 aliphatic heterocycles. The lowest BCUT2D eigenvalue weighted by molar-refractivity contribution is 0.200. The van der Waals surface area contributed by atoms with Gasteiger partial charge in [0.25, 0.3) is 0 Å². The monoisotopic (exact) mass is 352 g/mol. The molecule has 140 valence electrons. The number of rotatable bonds is 8. The molecular weight excluding hydrogens is 320 g/mol. The second kappa shape index (κ2) is 9.75. The van der Waals surface area contributed by atoms with Crippen LogP contribution in [0.2, 0.25) is 0 Å². The smallest absolute Gasteiger partial charge is 0.119 e. The van der Waals surface area contributed by atoms with Crippen molar-refractivity contribution in [2.75, 3.05) is 40.3 Å². The summed E-state index contributed by atoms with van der Waals surface area (Å²) >= 11 is 0. The van der Waals surface area contributed by atoms with Gasteiger partial charge >= 0.3 is 0 Å². The van der Waals surface area contributed by atoms with Crippen molar-refractivity contribution in [1.29, 1.82) is 0 Å². The third-order valence-corrected chi connectivity index (χ3v) is 5.10. The highest BCUT2D eigenvalue weighted by Crippen LogP contribution is 2.28. The lowest BCUT2D eigenvalue weighted by atomic mass is 9.90. The number of ether oxygens (including phenoxy) is 1. The summed E-state index contributed by atoms with van der Waals surface area (Å²) in [6.45, 7) is 5.20. The first-order chi connectivity index (χ1) is 12.7. The van der Waals surface area contributed by atoms with Crippen molar-refractivity contribution in [3.63, 3.8) is 0 Å². The van der Waals surface area contributed by atoms with Crippen LogP contribution in [0.3, 0.4) is 0 Å². The summed E-state index contributed by atoms with van der Waals surface area (Å²) in [7, 11) is 4.20. The molecule has 3 rings (SSSR count). The van der Waals surface area contributed by atoms with Gasteiger partial charge in [-0.2, -0.15) is 0 Å². The van der Waals surface area contributed by atoms with Gasteiger partial charge in [0, 0.05) is 19.6 Å². The zero-order valence-corrected chi connectivity index (χ0v) is 16.2. The summed E-state index contributed by atoms with van der Waals surface area (Å²) in [6, 6.07) is 19.6. The molecule has 3 nitrogen and oxygen atoms in total. The van der Waals surface area contributed by atoms with Gasteiger partial charge in [0.2, 0.25) is 0 Å². The largest absolute Gasteiger partial charge is 0.494 e. The zero-order valence-electron chi connectivity index (χ0n) is 16.2. The minimum Gasteiger partial charge on any atom is -0.494 e. The molecule has 0 saturated carbocycles. The van der Waals surface area contributed by atoms with Gasteiger partial charge in [-0.1, -0.05) is 42.5 Å². The maximum absolute atomic E-state index is 5.93. The van der Waals surface area contributed by atoms with Crippen molar-refractivity contribution in [2.45, 2.75) is 31.7 Å². The van der Waals surface area contributed by atoms with Crippen LogP contribution in [0.15, 0.2) is 54.6 Å². The van der Waals surface area contributed by atoms with Crippen molar-refractivity contribution >= 4 is 0 Å². The second-order valence-corrected chi connectivity index (χ2v) is 7.64. The molecule has 1 heterocycles. The molecule has 2 aromatic carbocycles. The summed E-state index contributed by atoms with van der Waals surface area (Å²) in [5.41, 5.74) is 2.83. The van der Waals surface area contributed by atoms with Crippen LogP contribution >= 0.6 is 0 Å².